The first-order chi connectivity index (χ1) is 6.68. The Morgan fingerprint density at radius 2 is 2.29 bits per heavy atom. The number of carboxylic acids is 1. The van der Waals surface area contributed by atoms with Gasteiger partial charge in [0.2, 0.25) is 0 Å². The first kappa shape index (κ1) is 9.18. The molecule has 1 aromatic rings. The zero-order valence-electron chi connectivity index (χ0n) is 8.10. The molecule has 0 saturated heterocycles. The minimum absolute atomic E-state index is 0.0231. The summed E-state index contributed by atoms with van der Waals surface area (Å²) in [6.45, 7) is 1.77. The zero-order chi connectivity index (χ0) is 10.1. The smallest absolute Gasteiger partial charge is 0.323 e. The first-order valence-corrected chi connectivity index (χ1v) is 4.80. The average molecular weight is 195 g/mol. The van der Waals surface area contributed by atoms with Crippen molar-refractivity contribution in [3.63, 3.8) is 0 Å². The number of carboxylic acid groups (broad SMARTS) is 1. The van der Waals surface area contributed by atoms with Crippen LogP contribution in [0.5, 0.6) is 0 Å². The quantitative estimate of drug-likeness (QED) is 0.779. The van der Waals surface area contributed by atoms with Crippen LogP contribution in [0, 0.1) is 6.92 Å². The van der Waals surface area contributed by atoms with Crippen molar-refractivity contribution in [2.45, 2.75) is 38.6 Å². The van der Waals surface area contributed by atoms with E-state index in [2.05, 4.69) is 10.2 Å². The number of hydrogen-bond acceptors (Lipinski definition) is 3. The van der Waals surface area contributed by atoms with Crippen molar-refractivity contribution in [1.29, 1.82) is 0 Å². The van der Waals surface area contributed by atoms with E-state index in [1.54, 1.807) is 11.5 Å². The molecule has 1 aliphatic rings. The fourth-order valence-corrected chi connectivity index (χ4v) is 1.70. The normalized spacial score (nSPS) is 16.6. The Labute approximate surface area is 81.8 Å². The lowest BCUT2D eigenvalue weighted by Gasteiger charge is -2.24. The molecule has 0 spiro atoms. The van der Waals surface area contributed by atoms with Crippen LogP contribution >= 0.6 is 0 Å². The topological polar surface area (TPSA) is 68.0 Å². The van der Waals surface area contributed by atoms with E-state index >= 15 is 0 Å². The van der Waals surface area contributed by atoms with Gasteiger partial charge in [0.1, 0.15) is 18.2 Å². The van der Waals surface area contributed by atoms with Gasteiger partial charge in [0.25, 0.3) is 0 Å². The summed E-state index contributed by atoms with van der Waals surface area (Å²) in [5.41, 5.74) is 0. The van der Waals surface area contributed by atoms with Crippen LogP contribution in [0.4, 0.5) is 0 Å². The van der Waals surface area contributed by atoms with Gasteiger partial charge >= 0.3 is 5.97 Å². The van der Waals surface area contributed by atoms with Crippen LogP contribution in [0.15, 0.2) is 0 Å². The first-order valence-electron chi connectivity index (χ1n) is 4.80. The summed E-state index contributed by atoms with van der Waals surface area (Å²) in [5.74, 6) is 1.12. The Balaban J connectivity index is 2.25. The molecule has 5 nitrogen and oxygen atoms in total. The molecule has 76 valence electrons. The van der Waals surface area contributed by atoms with Gasteiger partial charge in [-0.25, -0.2) is 0 Å². The molecule has 0 aliphatic heterocycles. The summed E-state index contributed by atoms with van der Waals surface area (Å²) in [7, 11) is 0. The van der Waals surface area contributed by atoms with Crippen LogP contribution in [-0.2, 0) is 11.3 Å². The molecule has 1 aliphatic carbocycles. The molecule has 0 amide bonds. The standard InChI is InChI=1S/C9H13N3O2/c1-6-10-11-9(7-3-2-4-7)12(6)5-8(13)14/h7H,2-5H2,1H3,(H,13,14). The summed E-state index contributed by atoms with van der Waals surface area (Å²) in [4.78, 5) is 10.6. The predicted molar refractivity (Wildman–Crippen MR) is 49.0 cm³/mol. The maximum absolute atomic E-state index is 10.6. The van der Waals surface area contributed by atoms with Gasteiger partial charge in [0, 0.05) is 5.92 Å². The molecular formula is C9H13N3O2. The second-order valence-corrected chi connectivity index (χ2v) is 3.71. The molecule has 0 aromatic carbocycles. The summed E-state index contributed by atoms with van der Waals surface area (Å²) >= 11 is 0. The lowest BCUT2D eigenvalue weighted by Crippen LogP contribution is -2.19. The predicted octanol–water partition coefficient (Wildman–Crippen LogP) is 0.939. The fraction of sp³-hybridized carbons (Fsp3) is 0.667. The Morgan fingerprint density at radius 3 is 2.79 bits per heavy atom. The van der Waals surface area contributed by atoms with Crippen molar-refractivity contribution < 1.29 is 9.90 Å². The van der Waals surface area contributed by atoms with Gasteiger partial charge in [-0.05, 0) is 19.8 Å². The lowest BCUT2D eigenvalue weighted by atomic mass is 9.85. The van der Waals surface area contributed by atoms with Crippen molar-refractivity contribution in [3.8, 4) is 0 Å². The number of carbonyl (C=O) groups is 1. The molecular weight excluding hydrogens is 182 g/mol. The van der Waals surface area contributed by atoms with Crippen LogP contribution in [0.25, 0.3) is 0 Å². The van der Waals surface area contributed by atoms with E-state index in [9.17, 15) is 4.79 Å². The van der Waals surface area contributed by atoms with Gasteiger partial charge in [0.05, 0.1) is 0 Å². The van der Waals surface area contributed by atoms with E-state index in [-0.39, 0.29) is 6.54 Å². The monoisotopic (exact) mass is 195 g/mol. The highest BCUT2D eigenvalue weighted by molar-refractivity contribution is 5.66. The second-order valence-electron chi connectivity index (χ2n) is 3.71. The van der Waals surface area contributed by atoms with Gasteiger partial charge < -0.3 is 9.67 Å². The van der Waals surface area contributed by atoms with Crippen molar-refractivity contribution in [2.24, 2.45) is 0 Å². The highest BCUT2D eigenvalue weighted by Gasteiger charge is 2.26. The van der Waals surface area contributed by atoms with E-state index in [0.29, 0.717) is 11.7 Å². The largest absolute Gasteiger partial charge is 0.480 e. The maximum atomic E-state index is 10.6. The Bertz CT molecular complexity index is 355. The SMILES string of the molecule is Cc1nnc(C2CCC2)n1CC(=O)O. The lowest BCUT2D eigenvalue weighted by molar-refractivity contribution is -0.137. The van der Waals surface area contributed by atoms with Crippen LogP contribution in [0.2, 0.25) is 0 Å². The molecule has 5 heteroatoms. The molecule has 1 saturated carbocycles. The second kappa shape index (κ2) is 3.40. The number of aromatic nitrogens is 3. The molecule has 14 heavy (non-hydrogen) atoms. The molecule has 1 N–H and O–H groups in total. The Morgan fingerprint density at radius 1 is 1.57 bits per heavy atom. The third-order valence-electron chi connectivity index (χ3n) is 2.73. The minimum Gasteiger partial charge on any atom is -0.480 e. The highest BCUT2D eigenvalue weighted by Crippen LogP contribution is 2.35. The van der Waals surface area contributed by atoms with Crippen LogP contribution in [0.1, 0.15) is 36.8 Å². The molecule has 1 heterocycles. The molecule has 0 unspecified atom stereocenters. The molecule has 2 rings (SSSR count). The highest BCUT2D eigenvalue weighted by atomic mass is 16.4. The average Bonchev–Trinajstić information content (AvgIpc) is 2.32. The van der Waals surface area contributed by atoms with Gasteiger partial charge in [0.15, 0.2) is 0 Å². The third kappa shape index (κ3) is 1.49. The molecule has 0 radical (unpaired) electrons. The Hall–Kier alpha value is -1.39. The summed E-state index contributed by atoms with van der Waals surface area (Å²) in [6, 6.07) is 0. The number of nitrogens with zero attached hydrogens (tertiary/aromatic N) is 3. The van der Waals surface area contributed by atoms with E-state index in [1.165, 1.54) is 6.42 Å². The van der Waals surface area contributed by atoms with Crippen molar-refractivity contribution in [2.75, 3.05) is 0 Å². The zero-order valence-corrected chi connectivity index (χ0v) is 8.10. The molecule has 1 aromatic heterocycles. The van der Waals surface area contributed by atoms with E-state index < -0.39 is 5.97 Å². The van der Waals surface area contributed by atoms with Crippen LogP contribution < -0.4 is 0 Å². The summed E-state index contributed by atoms with van der Waals surface area (Å²) in [5, 5.41) is 16.7. The van der Waals surface area contributed by atoms with Crippen LogP contribution in [-0.4, -0.2) is 25.8 Å². The maximum Gasteiger partial charge on any atom is 0.323 e. The van der Waals surface area contributed by atoms with E-state index in [0.717, 1.165) is 18.7 Å². The van der Waals surface area contributed by atoms with Crippen LogP contribution in [0.3, 0.4) is 0 Å². The molecule has 0 bridgehead atoms. The van der Waals surface area contributed by atoms with Gasteiger partial charge in [-0.3, -0.25) is 4.79 Å². The number of hydrogen-bond donors (Lipinski definition) is 1. The number of aliphatic carboxylic acids is 1. The number of aryl methyl sites for hydroxylation is 1. The van der Waals surface area contributed by atoms with Crippen molar-refractivity contribution >= 4 is 5.97 Å². The fourth-order valence-electron chi connectivity index (χ4n) is 1.70. The third-order valence-corrected chi connectivity index (χ3v) is 2.73. The number of rotatable bonds is 3. The Kier molecular flexibility index (Phi) is 2.23. The summed E-state index contributed by atoms with van der Waals surface area (Å²) < 4.78 is 1.70. The van der Waals surface area contributed by atoms with E-state index in [4.69, 9.17) is 5.11 Å². The van der Waals surface area contributed by atoms with Gasteiger partial charge in [-0.1, -0.05) is 6.42 Å². The van der Waals surface area contributed by atoms with Gasteiger partial charge in [-0.15, -0.1) is 10.2 Å². The van der Waals surface area contributed by atoms with Crippen molar-refractivity contribution in [1.82, 2.24) is 14.8 Å². The van der Waals surface area contributed by atoms with E-state index in [1.807, 2.05) is 0 Å². The molecule has 1 fully saturated rings. The van der Waals surface area contributed by atoms with Crippen molar-refractivity contribution in [3.05, 3.63) is 11.6 Å². The van der Waals surface area contributed by atoms with Gasteiger partial charge in [-0.2, -0.15) is 0 Å². The minimum atomic E-state index is -0.839. The molecule has 0 atom stereocenters. The summed E-state index contributed by atoms with van der Waals surface area (Å²) in [6.07, 6.45) is 3.43.